The van der Waals surface area contributed by atoms with Gasteiger partial charge in [0.25, 0.3) is 11.8 Å². The van der Waals surface area contributed by atoms with Crippen LogP contribution in [0.15, 0.2) is 24.3 Å². The molecular weight excluding hydrogens is 276 g/mol. The number of benzene rings is 1. The summed E-state index contributed by atoms with van der Waals surface area (Å²) in [6.07, 6.45) is 5.11. The van der Waals surface area contributed by atoms with Crippen LogP contribution in [0.25, 0.3) is 0 Å². The molecule has 0 radical (unpaired) electrons. The minimum Gasteiger partial charge on any atom is -0.272 e. The van der Waals surface area contributed by atoms with Crippen LogP contribution in [0.5, 0.6) is 0 Å². The van der Waals surface area contributed by atoms with Gasteiger partial charge in [0.2, 0.25) is 0 Å². The van der Waals surface area contributed by atoms with Gasteiger partial charge in [-0.25, -0.2) is 4.84 Å². The molecule has 1 fully saturated rings. The summed E-state index contributed by atoms with van der Waals surface area (Å²) in [5, 5.41) is 0. The summed E-state index contributed by atoms with van der Waals surface area (Å²) in [6.45, 7) is 0.350. The van der Waals surface area contributed by atoms with Gasteiger partial charge in [-0.1, -0.05) is 31.4 Å². The molecule has 2 amide bonds. The molecule has 2 aliphatic rings. The van der Waals surface area contributed by atoms with Gasteiger partial charge in [0.05, 0.1) is 16.7 Å². The van der Waals surface area contributed by atoms with Crippen LogP contribution in [0, 0.1) is 0 Å². The van der Waals surface area contributed by atoms with Crippen molar-refractivity contribution in [3.63, 3.8) is 0 Å². The smallest absolute Gasteiger partial charge is 0.261 e. The predicted octanol–water partition coefficient (Wildman–Crippen LogP) is 2.73. The number of carbonyl (C=O) groups excluding carboxylic acids is 2. The molecule has 0 saturated heterocycles. The molecular formula is C15H17ClN2O2. The number of fused-ring (bicyclic) bond motifs is 1. The molecule has 5 heteroatoms. The topological polar surface area (TPSA) is 49.4 Å². The quantitative estimate of drug-likeness (QED) is 0.688. The minimum atomic E-state index is -0.340. The van der Waals surface area contributed by atoms with Crippen molar-refractivity contribution in [1.29, 1.82) is 0 Å². The van der Waals surface area contributed by atoms with Crippen LogP contribution < -0.4 is 4.84 Å². The molecule has 20 heavy (non-hydrogen) atoms. The Labute approximate surface area is 123 Å². The van der Waals surface area contributed by atoms with Gasteiger partial charge in [-0.05, 0) is 36.8 Å². The van der Waals surface area contributed by atoms with Crippen molar-refractivity contribution in [2.24, 2.45) is 0 Å². The largest absolute Gasteiger partial charge is 0.272 e. The molecule has 1 N–H and O–H groups in total. The van der Waals surface area contributed by atoms with Crippen molar-refractivity contribution in [1.82, 2.24) is 9.74 Å². The Balaban J connectivity index is 1.85. The van der Waals surface area contributed by atoms with Crippen molar-refractivity contribution in [3.05, 3.63) is 35.4 Å². The average Bonchev–Trinajstić information content (AvgIpc) is 2.74. The van der Waals surface area contributed by atoms with E-state index in [1.54, 1.807) is 24.3 Å². The van der Waals surface area contributed by atoms with Crippen LogP contribution in [0.1, 0.15) is 52.8 Å². The van der Waals surface area contributed by atoms with Crippen molar-refractivity contribution in [2.75, 3.05) is 6.54 Å². The lowest BCUT2D eigenvalue weighted by Gasteiger charge is -2.38. The molecule has 1 aromatic rings. The van der Waals surface area contributed by atoms with E-state index in [-0.39, 0.29) is 17.4 Å². The summed E-state index contributed by atoms with van der Waals surface area (Å²) in [7, 11) is 0. The number of amides is 2. The molecule has 3 rings (SSSR count). The molecule has 4 nitrogen and oxygen atoms in total. The SMILES string of the molecule is O=C1c2ccccc2C(=O)N1CC1(NCl)CCCCC1. The van der Waals surface area contributed by atoms with Gasteiger partial charge in [0.1, 0.15) is 0 Å². The van der Waals surface area contributed by atoms with Gasteiger partial charge < -0.3 is 0 Å². The van der Waals surface area contributed by atoms with E-state index in [9.17, 15) is 9.59 Å². The fourth-order valence-electron chi connectivity index (χ4n) is 3.20. The molecule has 0 spiro atoms. The number of imide groups is 1. The molecule has 1 saturated carbocycles. The fourth-order valence-corrected chi connectivity index (χ4v) is 3.45. The Morgan fingerprint density at radius 2 is 1.60 bits per heavy atom. The number of nitrogens with one attached hydrogen (secondary N) is 1. The number of halogens is 1. The lowest BCUT2D eigenvalue weighted by atomic mass is 9.82. The van der Waals surface area contributed by atoms with Crippen LogP contribution in [0.3, 0.4) is 0 Å². The first-order valence-corrected chi connectivity index (χ1v) is 7.38. The second kappa shape index (κ2) is 5.19. The van der Waals surface area contributed by atoms with Crippen LogP contribution in [-0.4, -0.2) is 28.8 Å². The molecule has 0 aromatic heterocycles. The Hall–Kier alpha value is -1.39. The van der Waals surface area contributed by atoms with Crippen LogP contribution in [0.4, 0.5) is 0 Å². The van der Waals surface area contributed by atoms with E-state index in [0.29, 0.717) is 17.7 Å². The van der Waals surface area contributed by atoms with Crippen molar-refractivity contribution in [2.45, 2.75) is 37.6 Å². The van der Waals surface area contributed by atoms with E-state index >= 15 is 0 Å². The highest BCUT2D eigenvalue weighted by Crippen LogP contribution is 2.32. The van der Waals surface area contributed by atoms with Crippen molar-refractivity contribution in [3.8, 4) is 0 Å². The van der Waals surface area contributed by atoms with Gasteiger partial charge in [-0.2, -0.15) is 0 Å². The van der Waals surface area contributed by atoms with Gasteiger partial charge >= 0.3 is 0 Å². The maximum atomic E-state index is 12.4. The second-order valence-electron chi connectivity index (χ2n) is 5.68. The first-order valence-electron chi connectivity index (χ1n) is 7.00. The summed E-state index contributed by atoms with van der Waals surface area (Å²) >= 11 is 5.92. The standard InChI is InChI=1S/C15H17ClN2O2/c16-17-15(8-4-1-5-9-15)10-18-13(19)11-6-2-3-7-12(11)14(18)20/h2-3,6-7,17H,1,4-5,8-10H2. The van der Waals surface area contributed by atoms with Gasteiger partial charge in [0.15, 0.2) is 0 Å². The normalized spacial score (nSPS) is 21.1. The summed E-state index contributed by atoms with van der Waals surface area (Å²) in [5.74, 6) is -0.412. The van der Waals surface area contributed by atoms with Crippen LogP contribution in [-0.2, 0) is 0 Å². The van der Waals surface area contributed by atoms with E-state index < -0.39 is 0 Å². The predicted molar refractivity (Wildman–Crippen MR) is 76.6 cm³/mol. The Morgan fingerprint density at radius 1 is 1.05 bits per heavy atom. The molecule has 106 valence electrons. The Kier molecular flexibility index (Phi) is 3.52. The molecule has 1 aromatic carbocycles. The molecule has 0 bridgehead atoms. The third kappa shape index (κ3) is 2.13. The highest BCUT2D eigenvalue weighted by Gasteiger charge is 2.41. The average molecular weight is 293 g/mol. The number of hydrogen-bond acceptors (Lipinski definition) is 3. The van der Waals surface area contributed by atoms with Crippen LogP contribution in [0.2, 0.25) is 0 Å². The van der Waals surface area contributed by atoms with E-state index in [1.807, 2.05) is 0 Å². The molecule has 1 aliphatic heterocycles. The summed E-state index contributed by atoms with van der Waals surface area (Å²) < 4.78 is 0. The monoisotopic (exact) mass is 292 g/mol. The maximum Gasteiger partial charge on any atom is 0.261 e. The van der Waals surface area contributed by atoms with Crippen molar-refractivity contribution < 1.29 is 9.59 Å². The molecule has 1 aliphatic carbocycles. The lowest BCUT2D eigenvalue weighted by molar-refractivity contribution is 0.0588. The molecule has 1 heterocycles. The van der Waals surface area contributed by atoms with Crippen LogP contribution >= 0.6 is 11.8 Å². The van der Waals surface area contributed by atoms with E-state index in [2.05, 4.69) is 4.84 Å². The zero-order chi connectivity index (χ0) is 14.2. The summed E-state index contributed by atoms with van der Waals surface area (Å²) in [4.78, 5) is 28.9. The summed E-state index contributed by atoms with van der Waals surface area (Å²) in [5.41, 5.74) is 0.656. The Morgan fingerprint density at radius 3 is 2.10 bits per heavy atom. The number of rotatable bonds is 3. The fraction of sp³-hybridized carbons (Fsp3) is 0.467. The second-order valence-corrected chi connectivity index (χ2v) is 5.87. The van der Waals surface area contributed by atoms with E-state index in [4.69, 9.17) is 11.8 Å². The van der Waals surface area contributed by atoms with Crippen molar-refractivity contribution >= 4 is 23.6 Å². The van der Waals surface area contributed by atoms with E-state index in [1.165, 1.54) is 11.3 Å². The van der Waals surface area contributed by atoms with Gasteiger partial charge in [0, 0.05) is 6.54 Å². The number of hydrogen-bond donors (Lipinski definition) is 1. The minimum absolute atomic E-state index is 0.206. The lowest BCUT2D eigenvalue weighted by Crippen LogP contribution is -2.52. The highest BCUT2D eigenvalue weighted by molar-refractivity contribution is 6.21. The number of nitrogens with zero attached hydrogens (tertiary/aromatic N) is 1. The summed E-state index contributed by atoms with van der Waals surface area (Å²) in [6, 6.07) is 6.97. The van der Waals surface area contributed by atoms with Gasteiger partial charge in [-0.3, -0.25) is 14.5 Å². The Bertz CT molecular complexity index is 518. The van der Waals surface area contributed by atoms with E-state index in [0.717, 1.165) is 25.7 Å². The zero-order valence-corrected chi connectivity index (χ0v) is 11.9. The number of carbonyl (C=O) groups is 2. The molecule has 0 atom stereocenters. The zero-order valence-electron chi connectivity index (χ0n) is 11.2. The highest BCUT2D eigenvalue weighted by atomic mass is 35.5. The first kappa shape index (κ1) is 13.6. The molecule has 0 unspecified atom stereocenters. The third-order valence-corrected chi connectivity index (χ3v) is 4.75. The third-order valence-electron chi connectivity index (χ3n) is 4.35. The maximum absolute atomic E-state index is 12.4. The van der Waals surface area contributed by atoms with Gasteiger partial charge in [-0.15, -0.1) is 0 Å². The first-order chi connectivity index (χ1) is 9.67.